The Bertz CT molecular complexity index is 109. The lowest BCUT2D eigenvalue weighted by molar-refractivity contribution is -0.143. The topological polar surface area (TPSA) is 37.3 Å². The predicted octanol–water partition coefficient (Wildman–Crippen LogP) is 0.819. The third-order valence-corrected chi connectivity index (χ3v) is 1.27. The average molecular weight is 118 g/mol. The van der Waals surface area contributed by atoms with Gasteiger partial charge in [0.2, 0.25) is 0 Å². The number of aliphatic carboxylic acids is 1. The Hall–Kier alpha value is -0.600. The van der Waals surface area contributed by atoms with Crippen LogP contribution in [0.2, 0.25) is 0 Å². The second kappa shape index (κ2) is 1.73. The number of rotatable bonds is 2. The first-order valence-electron chi connectivity index (χ1n) is 2.58. The molecule has 1 atom stereocenters. The highest BCUT2D eigenvalue weighted by molar-refractivity contribution is 5.72. The normalized spacial score (nSPS) is 22.6. The molecule has 0 aromatic heterocycles. The van der Waals surface area contributed by atoms with Gasteiger partial charge in [-0.05, 0) is 12.8 Å². The second-order valence-electron chi connectivity index (χ2n) is 2.08. The van der Waals surface area contributed by atoms with Crippen LogP contribution in [-0.2, 0) is 4.79 Å². The van der Waals surface area contributed by atoms with Crippen molar-refractivity contribution >= 4 is 5.97 Å². The van der Waals surface area contributed by atoms with Crippen LogP contribution in [0.4, 0.5) is 4.39 Å². The lowest BCUT2D eigenvalue weighted by Crippen LogP contribution is -2.15. The van der Waals surface area contributed by atoms with E-state index in [1.807, 2.05) is 0 Å². The summed E-state index contributed by atoms with van der Waals surface area (Å²) in [5, 5.41) is 8.02. The van der Waals surface area contributed by atoms with Gasteiger partial charge >= 0.3 is 5.97 Å². The minimum Gasteiger partial charge on any atom is -0.479 e. The number of halogens is 1. The molecule has 1 fully saturated rings. The Balaban J connectivity index is 2.32. The van der Waals surface area contributed by atoms with E-state index in [0.717, 1.165) is 12.8 Å². The molecule has 0 radical (unpaired) electrons. The monoisotopic (exact) mass is 118 g/mol. The van der Waals surface area contributed by atoms with Crippen molar-refractivity contribution in [3.8, 4) is 0 Å². The van der Waals surface area contributed by atoms with Gasteiger partial charge in [-0.2, -0.15) is 0 Å². The van der Waals surface area contributed by atoms with E-state index in [4.69, 9.17) is 5.11 Å². The Kier molecular flexibility index (Phi) is 1.19. The quantitative estimate of drug-likeness (QED) is 0.582. The van der Waals surface area contributed by atoms with Crippen molar-refractivity contribution in [2.75, 3.05) is 0 Å². The molecule has 1 N–H and O–H groups in total. The maximum absolute atomic E-state index is 12.1. The van der Waals surface area contributed by atoms with Crippen LogP contribution in [0.15, 0.2) is 0 Å². The van der Waals surface area contributed by atoms with Crippen LogP contribution < -0.4 is 0 Å². The van der Waals surface area contributed by atoms with Crippen LogP contribution in [-0.4, -0.2) is 17.2 Å². The van der Waals surface area contributed by atoms with Gasteiger partial charge in [0.15, 0.2) is 6.17 Å². The van der Waals surface area contributed by atoms with Crippen molar-refractivity contribution in [3.05, 3.63) is 0 Å². The van der Waals surface area contributed by atoms with E-state index in [2.05, 4.69) is 0 Å². The third-order valence-electron chi connectivity index (χ3n) is 1.27. The zero-order chi connectivity index (χ0) is 6.15. The second-order valence-corrected chi connectivity index (χ2v) is 2.08. The van der Waals surface area contributed by atoms with Gasteiger partial charge in [0, 0.05) is 5.92 Å². The fourth-order valence-electron chi connectivity index (χ4n) is 0.591. The first-order valence-corrected chi connectivity index (χ1v) is 2.58. The fraction of sp³-hybridized carbons (Fsp3) is 0.800. The molecule has 0 unspecified atom stereocenters. The largest absolute Gasteiger partial charge is 0.479 e. The van der Waals surface area contributed by atoms with E-state index in [1.165, 1.54) is 0 Å². The molecule has 0 aromatic rings. The number of carboxylic acid groups (broad SMARTS) is 1. The standard InChI is InChI=1S/C5H7FO2/c6-4(5(7)8)3-1-2-3/h3-4H,1-2H2,(H,7,8)/t4-/m0/s1. The minimum absolute atomic E-state index is 0.174. The van der Waals surface area contributed by atoms with Gasteiger partial charge in [0.1, 0.15) is 0 Å². The lowest BCUT2D eigenvalue weighted by atomic mass is 10.3. The molecule has 8 heavy (non-hydrogen) atoms. The van der Waals surface area contributed by atoms with Crippen LogP contribution in [0.3, 0.4) is 0 Å². The molecule has 1 saturated carbocycles. The molecule has 3 heteroatoms. The van der Waals surface area contributed by atoms with Gasteiger partial charge in [-0.1, -0.05) is 0 Å². The summed E-state index contributed by atoms with van der Waals surface area (Å²) in [6.45, 7) is 0. The SMILES string of the molecule is O=C(O)[C@@H](F)C1CC1. The number of carbonyl (C=O) groups is 1. The molecule has 0 saturated heterocycles. The van der Waals surface area contributed by atoms with E-state index in [1.54, 1.807) is 0 Å². The summed E-state index contributed by atoms with van der Waals surface area (Å²) in [5.41, 5.74) is 0. The minimum atomic E-state index is -1.60. The first kappa shape index (κ1) is 5.54. The molecule has 0 aliphatic heterocycles. The van der Waals surface area contributed by atoms with E-state index >= 15 is 0 Å². The van der Waals surface area contributed by atoms with Crippen molar-refractivity contribution in [2.45, 2.75) is 19.0 Å². The number of alkyl halides is 1. The molecule has 0 amide bonds. The maximum Gasteiger partial charge on any atom is 0.338 e. The van der Waals surface area contributed by atoms with Gasteiger partial charge in [0.25, 0.3) is 0 Å². The summed E-state index contributed by atoms with van der Waals surface area (Å²) < 4.78 is 12.1. The highest BCUT2D eigenvalue weighted by Gasteiger charge is 2.36. The van der Waals surface area contributed by atoms with Crippen LogP contribution in [0.5, 0.6) is 0 Å². The molecule has 2 nitrogen and oxygen atoms in total. The molecule has 0 spiro atoms. The zero-order valence-corrected chi connectivity index (χ0v) is 4.30. The number of carboxylic acids is 1. The van der Waals surface area contributed by atoms with Gasteiger partial charge in [-0.3, -0.25) is 0 Å². The number of hydrogen-bond donors (Lipinski definition) is 1. The van der Waals surface area contributed by atoms with Crippen molar-refractivity contribution in [1.29, 1.82) is 0 Å². The lowest BCUT2D eigenvalue weighted by Gasteiger charge is -1.94. The highest BCUT2D eigenvalue weighted by Crippen LogP contribution is 2.34. The molecule has 46 valence electrons. The van der Waals surface area contributed by atoms with Gasteiger partial charge < -0.3 is 5.11 Å². The van der Waals surface area contributed by atoms with Gasteiger partial charge in [0.05, 0.1) is 0 Å². The van der Waals surface area contributed by atoms with Crippen molar-refractivity contribution in [2.24, 2.45) is 5.92 Å². The molecule has 0 aromatic carbocycles. The maximum atomic E-state index is 12.1. The van der Waals surface area contributed by atoms with E-state index in [-0.39, 0.29) is 5.92 Å². The molecule has 1 rings (SSSR count). The van der Waals surface area contributed by atoms with Crippen LogP contribution in [0.25, 0.3) is 0 Å². The van der Waals surface area contributed by atoms with Crippen LogP contribution >= 0.6 is 0 Å². The number of hydrogen-bond acceptors (Lipinski definition) is 1. The van der Waals surface area contributed by atoms with Crippen molar-refractivity contribution < 1.29 is 14.3 Å². The first-order chi connectivity index (χ1) is 3.72. The van der Waals surface area contributed by atoms with E-state index in [9.17, 15) is 9.18 Å². The molecule has 0 bridgehead atoms. The molecule has 1 aliphatic rings. The van der Waals surface area contributed by atoms with Gasteiger partial charge in [-0.15, -0.1) is 0 Å². The summed E-state index contributed by atoms with van der Waals surface area (Å²) in [5.74, 6) is -1.49. The Morgan fingerprint density at radius 2 is 2.25 bits per heavy atom. The summed E-state index contributed by atoms with van der Waals surface area (Å²) in [7, 11) is 0. The molecule has 0 heterocycles. The van der Waals surface area contributed by atoms with Crippen LogP contribution in [0.1, 0.15) is 12.8 Å². The summed E-state index contributed by atoms with van der Waals surface area (Å²) in [6.07, 6.45) is -0.115. The summed E-state index contributed by atoms with van der Waals surface area (Å²) in [4.78, 5) is 9.81. The Morgan fingerprint density at radius 1 is 1.75 bits per heavy atom. The van der Waals surface area contributed by atoms with Crippen LogP contribution in [0, 0.1) is 5.92 Å². The average Bonchev–Trinajstić information content (AvgIpc) is 2.43. The van der Waals surface area contributed by atoms with E-state index < -0.39 is 12.1 Å². The van der Waals surface area contributed by atoms with Crippen molar-refractivity contribution in [1.82, 2.24) is 0 Å². The zero-order valence-electron chi connectivity index (χ0n) is 4.30. The Labute approximate surface area is 46.3 Å². The molecular formula is C5H7FO2. The fourth-order valence-corrected chi connectivity index (χ4v) is 0.591. The van der Waals surface area contributed by atoms with E-state index in [0.29, 0.717) is 0 Å². The highest BCUT2D eigenvalue weighted by atomic mass is 19.1. The van der Waals surface area contributed by atoms with Gasteiger partial charge in [-0.25, -0.2) is 9.18 Å². The summed E-state index contributed by atoms with van der Waals surface area (Å²) >= 11 is 0. The summed E-state index contributed by atoms with van der Waals surface area (Å²) in [6, 6.07) is 0. The smallest absolute Gasteiger partial charge is 0.338 e. The predicted molar refractivity (Wildman–Crippen MR) is 25.3 cm³/mol. The van der Waals surface area contributed by atoms with Crippen molar-refractivity contribution in [3.63, 3.8) is 0 Å². The third kappa shape index (κ3) is 0.967. The molecular weight excluding hydrogens is 111 g/mol. The molecule has 1 aliphatic carbocycles. The Morgan fingerprint density at radius 3 is 2.38 bits per heavy atom.